The van der Waals surface area contributed by atoms with Crippen LogP contribution in [0.1, 0.15) is 122 Å². The van der Waals surface area contributed by atoms with Crippen LogP contribution < -0.4 is 10.2 Å². The lowest BCUT2D eigenvalue weighted by molar-refractivity contribution is -0.124. The summed E-state index contributed by atoms with van der Waals surface area (Å²) in [7, 11) is 2.04. The first-order valence-electron chi connectivity index (χ1n) is 14.7. The van der Waals surface area contributed by atoms with Crippen LogP contribution in [0, 0.1) is 5.92 Å². The number of anilines is 1. The standard InChI is InChI=1S/C31H54N2O2/c1-5-6-7-8-9-10-11-12-13-14-15-16-17-18-19-26-20-21-27-23-28(24-34)32-31(35)30(25(2)3)33(4)29(27)22-26/h20-22,25,28,30,34H,5-19,23-24H2,1-4H3,(H,32,35)/t28-,30-/m0/s1. The number of likely N-dealkylation sites (N-methyl/N-ethyl adjacent to an activating group) is 1. The number of hydrogen-bond donors (Lipinski definition) is 2. The van der Waals surface area contributed by atoms with Crippen molar-refractivity contribution in [2.75, 3.05) is 18.6 Å². The number of benzene rings is 1. The fourth-order valence-electron chi connectivity index (χ4n) is 5.58. The van der Waals surface area contributed by atoms with Gasteiger partial charge in [-0.25, -0.2) is 0 Å². The smallest absolute Gasteiger partial charge is 0.243 e. The molecule has 2 atom stereocenters. The van der Waals surface area contributed by atoms with Crippen molar-refractivity contribution in [3.05, 3.63) is 29.3 Å². The van der Waals surface area contributed by atoms with E-state index in [2.05, 4.69) is 49.2 Å². The molecule has 1 aromatic carbocycles. The van der Waals surface area contributed by atoms with Gasteiger partial charge in [-0.1, -0.05) is 116 Å². The van der Waals surface area contributed by atoms with Gasteiger partial charge in [0, 0.05) is 12.7 Å². The van der Waals surface area contributed by atoms with Crippen LogP contribution in [0.3, 0.4) is 0 Å². The second-order valence-electron chi connectivity index (χ2n) is 11.2. The average Bonchev–Trinajstić information content (AvgIpc) is 2.83. The summed E-state index contributed by atoms with van der Waals surface area (Å²) in [5.41, 5.74) is 3.72. The van der Waals surface area contributed by atoms with Gasteiger partial charge in [-0.15, -0.1) is 0 Å². The van der Waals surface area contributed by atoms with Gasteiger partial charge in [-0.2, -0.15) is 0 Å². The largest absolute Gasteiger partial charge is 0.394 e. The number of aryl methyl sites for hydroxylation is 1. The molecule has 0 radical (unpaired) electrons. The Morgan fingerprint density at radius 2 is 1.46 bits per heavy atom. The minimum atomic E-state index is -0.223. The molecule has 0 saturated heterocycles. The van der Waals surface area contributed by atoms with Crippen molar-refractivity contribution in [1.82, 2.24) is 5.32 Å². The molecule has 0 fully saturated rings. The zero-order valence-electron chi connectivity index (χ0n) is 23.3. The molecule has 4 heteroatoms. The van der Waals surface area contributed by atoms with Crippen LogP contribution in [0.5, 0.6) is 0 Å². The summed E-state index contributed by atoms with van der Waals surface area (Å²) >= 11 is 0. The molecule has 4 nitrogen and oxygen atoms in total. The fourth-order valence-corrected chi connectivity index (χ4v) is 5.58. The van der Waals surface area contributed by atoms with Crippen molar-refractivity contribution >= 4 is 11.6 Å². The number of aliphatic hydroxyl groups excluding tert-OH is 1. The van der Waals surface area contributed by atoms with E-state index in [1.165, 1.54) is 101 Å². The first kappa shape index (κ1) is 29.7. The van der Waals surface area contributed by atoms with Crippen LogP contribution in [0.25, 0.3) is 0 Å². The molecule has 1 aromatic rings. The highest BCUT2D eigenvalue weighted by Crippen LogP contribution is 2.29. The zero-order chi connectivity index (χ0) is 25.5. The molecule has 1 amide bonds. The van der Waals surface area contributed by atoms with Crippen molar-refractivity contribution in [2.45, 2.75) is 136 Å². The maximum absolute atomic E-state index is 12.8. The molecule has 0 unspecified atom stereocenters. The Bertz CT molecular complexity index is 718. The Morgan fingerprint density at radius 1 is 0.914 bits per heavy atom. The van der Waals surface area contributed by atoms with Gasteiger partial charge in [0.05, 0.1) is 12.6 Å². The third-order valence-corrected chi connectivity index (χ3v) is 7.70. The van der Waals surface area contributed by atoms with E-state index in [0.717, 1.165) is 12.1 Å². The fraction of sp³-hybridized carbons (Fsp3) is 0.774. The summed E-state index contributed by atoms with van der Waals surface area (Å²) in [6.45, 7) is 6.44. The maximum Gasteiger partial charge on any atom is 0.243 e. The third-order valence-electron chi connectivity index (χ3n) is 7.70. The highest BCUT2D eigenvalue weighted by atomic mass is 16.3. The van der Waals surface area contributed by atoms with E-state index in [-0.39, 0.29) is 30.5 Å². The average molecular weight is 487 g/mol. The van der Waals surface area contributed by atoms with Crippen molar-refractivity contribution in [3.63, 3.8) is 0 Å². The summed E-state index contributed by atoms with van der Waals surface area (Å²) in [5, 5.41) is 12.8. The Labute approximate surface area is 216 Å². The van der Waals surface area contributed by atoms with Crippen LogP contribution in [0.4, 0.5) is 5.69 Å². The number of carbonyl (C=O) groups is 1. The third kappa shape index (κ3) is 10.5. The van der Waals surface area contributed by atoms with Gasteiger partial charge < -0.3 is 15.3 Å². The van der Waals surface area contributed by atoms with Crippen molar-refractivity contribution in [1.29, 1.82) is 0 Å². The molecular formula is C31H54N2O2. The molecule has 1 aliphatic rings. The topological polar surface area (TPSA) is 52.6 Å². The van der Waals surface area contributed by atoms with Gasteiger partial charge in [-0.3, -0.25) is 4.79 Å². The molecule has 0 spiro atoms. The molecule has 2 rings (SSSR count). The van der Waals surface area contributed by atoms with E-state index in [9.17, 15) is 9.90 Å². The molecule has 35 heavy (non-hydrogen) atoms. The first-order chi connectivity index (χ1) is 17.0. The molecule has 0 aliphatic carbocycles. The van der Waals surface area contributed by atoms with E-state index in [0.29, 0.717) is 6.42 Å². The first-order valence-corrected chi connectivity index (χ1v) is 14.7. The van der Waals surface area contributed by atoms with Crippen LogP contribution in [-0.4, -0.2) is 36.8 Å². The summed E-state index contributed by atoms with van der Waals surface area (Å²) in [5.74, 6) is 0.212. The number of hydrogen-bond acceptors (Lipinski definition) is 3. The summed E-state index contributed by atoms with van der Waals surface area (Å²) < 4.78 is 0. The lowest BCUT2D eigenvalue weighted by Crippen LogP contribution is -2.54. The summed E-state index contributed by atoms with van der Waals surface area (Å²) in [6, 6.07) is 6.31. The molecular weight excluding hydrogens is 432 g/mol. The lowest BCUT2D eigenvalue weighted by atomic mass is 9.93. The van der Waals surface area contributed by atoms with E-state index in [1.54, 1.807) is 0 Å². The summed E-state index contributed by atoms with van der Waals surface area (Å²) in [4.78, 5) is 15.0. The molecule has 0 bridgehead atoms. The monoisotopic (exact) mass is 486 g/mol. The minimum absolute atomic E-state index is 0.0181. The van der Waals surface area contributed by atoms with Crippen LogP contribution >= 0.6 is 0 Å². The molecule has 0 aromatic heterocycles. The van der Waals surface area contributed by atoms with Crippen molar-refractivity contribution in [2.24, 2.45) is 5.92 Å². The van der Waals surface area contributed by atoms with Gasteiger partial charge in [0.2, 0.25) is 5.91 Å². The van der Waals surface area contributed by atoms with E-state index in [4.69, 9.17) is 0 Å². The van der Waals surface area contributed by atoms with E-state index in [1.807, 2.05) is 7.05 Å². The molecule has 1 aliphatic heterocycles. The zero-order valence-corrected chi connectivity index (χ0v) is 23.3. The van der Waals surface area contributed by atoms with Crippen LogP contribution in [-0.2, 0) is 17.6 Å². The highest BCUT2D eigenvalue weighted by molar-refractivity contribution is 5.86. The molecule has 2 N–H and O–H groups in total. The Kier molecular flexibility index (Phi) is 14.4. The number of aliphatic hydroxyl groups is 1. The summed E-state index contributed by atoms with van der Waals surface area (Å²) in [6.07, 6.45) is 21.1. The molecule has 200 valence electrons. The number of fused-ring (bicyclic) bond motifs is 1. The second kappa shape index (κ2) is 17.0. The normalized spacial score (nSPS) is 18.3. The van der Waals surface area contributed by atoms with Gasteiger partial charge in [0.1, 0.15) is 6.04 Å². The number of nitrogens with zero attached hydrogens (tertiary/aromatic N) is 1. The van der Waals surface area contributed by atoms with Gasteiger partial charge >= 0.3 is 0 Å². The quantitative estimate of drug-likeness (QED) is 0.229. The van der Waals surface area contributed by atoms with Crippen molar-refractivity contribution in [3.8, 4) is 0 Å². The minimum Gasteiger partial charge on any atom is -0.394 e. The second-order valence-corrected chi connectivity index (χ2v) is 11.2. The van der Waals surface area contributed by atoms with Gasteiger partial charge in [0.25, 0.3) is 0 Å². The van der Waals surface area contributed by atoms with Crippen molar-refractivity contribution < 1.29 is 9.90 Å². The Hall–Kier alpha value is -1.55. The highest BCUT2D eigenvalue weighted by Gasteiger charge is 2.32. The number of unbranched alkanes of at least 4 members (excludes halogenated alkanes) is 13. The Balaban J connectivity index is 1.71. The Morgan fingerprint density at radius 3 is 1.97 bits per heavy atom. The number of amides is 1. The van der Waals surface area contributed by atoms with Crippen LogP contribution in [0.2, 0.25) is 0 Å². The molecule has 0 saturated carbocycles. The maximum atomic E-state index is 12.8. The van der Waals surface area contributed by atoms with Crippen LogP contribution in [0.15, 0.2) is 18.2 Å². The van der Waals surface area contributed by atoms with Gasteiger partial charge in [-0.05, 0) is 42.4 Å². The predicted octanol–water partition coefficient (Wildman–Crippen LogP) is 7.20. The van der Waals surface area contributed by atoms with E-state index < -0.39 is 0 Å². The predicted molar refractivity (Wildman–Crippen MR) is 150 cm³/mol. The van der Waals surface area contributed by atoms with E-state index >= 15 is 0 Å². The number of nitrogens with one attached hydrogen (secondary N) is 1. The lowest BCUT2D eigenvalue weighted by Gasteiger charge is -2.37. The number of carbonyl (C=O) groups excluding carboxylic acids is 1. The SMILES string of the molecule is CCCCCCCCCCCCCCCCc1ccc2c(c1)N(C)[C@@H](C(C)C)C(=O)N[C@H](CO)C2. The molecule has 1 heterocycles. The van der Waals surface area contributed by atoms with Gasteiger partial charge in [0.15, 0.2) is 0 Å². The number of rotatable bonds is 17.